The topological polar surface area (TPSA) is 64.1 Å². The molecule has 0 aromatic heterocycles. The van der Waals surface area contributed by atoms with Crippen LogP contribution in [-0.2, 0) is 29.2 Å². The van der Waals surface area contributed by atoms with Crippen LogP contribution in [0.1, 0.15) is 28.7 Å². The minimum atomic E-state index is 0. The molecule has 1 aliphatic rings. The number of ether oxygens (including phenoxy) is 3. The van der Waals surface area contributed by atoms with Crippen LogP contribution >= 0.6 is 24.0 Å². The maximum Gasteiger partial charge on any atom is 0.191 e. The van der Waals surface area contributed by atoms with Gasteiger partial charge in [-0.25, -0.2) is 0 Å². The van der Waals surface area contributed by atoms with Crippen molar-refractivity contribution in [3.05, 3.63) is 64.7 Å². The van der Waals surface area contributed by atoms with Gasteiger partial charge in [-0.2, -0.15) is 0 Å². The summed E-state index contributed by atoms with van der Waals surface area (Å²) in [6, 6.07) is 14.6. The highest BCUT2D eigenvalue weighted by Gasteiger charge is 2.18. The molecular weight excluding hydrogens is 493 g/mol. The summed E-state index contributed by atoms with van der Waals surface area (Å²) >= 11 is 0. The van der Waals surface area contributed by atoms with E-state index in [-0.39, 0.29) is 30.1 Å². The molecule has 0 saturated carbocycles. The third-order valence-electron chi connectivity index (χ3n) is 4.84. The molecule has 1 heterocycles. The van der Waals surface area contributed by atoms with Gasteiger partial charge in [0.1, 0.15) is 11.9 Å². The van der Waals surface area contributed by atoms with Crippen molar-refractivity contribution >= 4 is 29.9 Å². The van der Waals surface area contributed by atoms with Gasteiger partial charge < -0.3 is 24.8 Å². The number of hydrogen-bond acceptors (Lipinski definition) is 4. The number of benzene rings is 2. The summed E-state index contributed by atoms with van der Waals surface area (Å²) in [6.45, 7) is 5.44. The van der Waals surface area contributed by atoms with E-state index in [0.29, 0.717) is 26.3 Å². The second-order valence-electron chi connectivity index (χ2n) is 7.25. The lowest BCUT2D eigenvalue weighted by Crippen LogP contribution is -2.36. The Morgan fingerprint density at radius 2 is 1.93 bits per heavy atom. The monoisotopic (exact) mass is 525 g/mol. The van der Waals surface area contributed by atoms with E-state index >= 15 is 0 Å². The molecular formula is C23H32IN3O3. The third kappa shape index (κ3) is 7.45. The Labute approximate surface area is 196 Å². The molecule has 0 spiro atoms. The van der Waals surface area contributed by atoms with Gasteiger partial charge in [-0.3, -0.25) is 4.99 Å². The lowest BCUT2D eigenvalue weighted by atomic mass is 10.1. The molecule has 30 heavy (non-hydrogen) atoms. The normalized spacial score (nSPS) is 16.1. The summed E-state index contributed by atoms with van der Waals surface area (Å²) in [5, 5.41) is 6.75. The van der Waals surface area contributed by atoms with Crippen molar-refractivity contribution in [3.8, 4) is 5.75 Å². The molecule has 2 N–H and O–H groups in total. The van der Waals surface area contributed by atoms with Crippen molar-refractivity contribution in [3.63, 3.8) is 0 Å². The number of guanidine groups is 1. The molecule has 2 aromatic rings. The molecule has 0 amide bonds. The standard InChI is InChI=1S/C23H31N3O3.HI/c1-17-7-8-20(22(11-17)29-21-9-10-28-16-21)14-26-23(24-2)25-13-18-5-4-6-19(12-18)15-27-3;/h4-8,11-12,21H,9-10,13-16H2,1-3H3,(H2,24,25,26);1H. The Morgan fingerprint density at radius 3 is 2.67 bits per heavy atom. The molecule has 1 aliphatic heterocycles. The minimum absolute atomic E-state index is 0. The summed E-state index contributed by atoms with van der Waals surface area (Å²) in [4.78, 5) is 4.34. The van der Waals surface area contributed by atoms with Crippen LogP contribution in [0, 0.1) is 6.92 Å². The van der Waals surface area contributed by atoms with E-state index < -0.39 is 0 Å². The second kappa shape index (κ2) is 12.8. The number of rotatable bonds is 8. The van der Waals surface area contributed by atoms with E-state index in [0.717, 1.165) is 35.9 Å². The van der Waals surface area contributed by atoms with Crippen LogP contribution in [0.5, 0.6) is 5.75 Å². The van der Waals surface area contributed by atoms with Crippen LogP contribution in [0.15, 0.2) is 47.5 Å². The first-order chi connectivity index (χ1) is 14.2. The molecule has 7 heteroatoms. The Kier molecular flexibility index (Phi) is 10.4. The lowest BCUT2D eigenvalue weighted by Gasteiger charge is -2.18. The fourth-order valence-electron chi connectivity index (χ4n) is 3.28. The molecule has 6 nitrogen and oxygen atoms in total. The summed E-state index contributed by atoms with van der Waals surface area (Å²) < 4.78 is 16.8. The van der Waals surface area contributed by atoms with Crippen LogP contribution < -0.4 is 15.4 Å². The molecule has 1 atom stereocenters. The molecule has 1 fully saturated rings. The van der Waals surface area contributed by atoms with Gasteiger partial charge in [0.25, 0.3) is 0 Å². The largest absolute Gasteiger partial charge is 0.488 e. The average molecular weight is 525 g/mol. The van der Waals surface area contributed by atoms with Gasteiger partial charge in [-0.05, 0) is 29.7 Å². The fraction of sp³-hybridized carbons (Fsp3) is 0.435. The first-order valence-corrected chi connectivity index (χ1v) is 10.0. The molecule has 0 radical (unpaired) electrons. The number of nitrogens with one attached hydrogen (secondary N) is 2. The van der Waals surface area contributed by atoms with E-state index in [9.17, 15) is 0 Å². The fourth-order valence-corrected chi connectivity index (χ4v) is 3.28. The van der Waals surface area contributed by atoms with E-state index in [2.05, 4.69) is 58.9 Å². The number of hydrogen-bond donors (Lipinski definition) is 2. The molecule has 1 unspecified atom stereocenters. The van der Waals surface area contributed by atoms with Crippen molar-refractivity contribution in [2.45, 2.75) is 39.1 Å². The van der Waals surface area contributed by atoms with E-state index in [1.165, 1.54) is 11.1 Å². The van der Waals surface area contributed by atoms with E-state index in [1.54, 1.807) is 14.2 Å². The van der Waals surface area contributed by atoms with Crippen molar-refractivity contribution in [1.82, 2.24) is 10.6 Å². The molecule has 164 valence electrons. The summed E-state index contributed by atoms with van der Waals surface area (Å²) in [7, 11) is 3.48. The summed E-state index contributed by atoms with van der Waals surface area (Å²) in [5.41, 5.74) is 4.63. The van der Waals surface area contributed by atoms with Crippen molar-refractivity contribution < 1.29 is 14.2 Å². The zero-order chi connectivity index (χ0) is 20.5. The highest BCUT2D eigenvalue weighted by Crippen LogP contribution is 2.23. The number of halogens is 1. The Morgan fingerprint density at radius 1 is 1.13 bits per heavy atom. The first kappa shape index (κ1) is 24.4. The van der Waals surface area contributed by atoms with Crippen molar-refractivity contribution in [2.24, 2.45) is 4.99 Å². The van der Waals surface area contributed by atoms with E-state index in [4.69, 9.17) is 14.2 Å². The van der Waals surface area contributed by atoms with Crippen LogP contribution in [0.25, 0.3) is 0 Å². The zero-order valence-electron chi connectivity index (χ0n) is 17.9. The summed E-state index contributed by atoms with van der Waals surface area (Å²) in [6.07, 6.45) is 1.07. The first-order valence-electron chi connectivity index (χ1n) is 10.0. The van der Waals surface area contributed by atoms with Crippen molar-refractivity contribution in [2.75, 3.05) is 27.4 Å². The number of aryl methyl sites for hydroxylation is 1. The lowest BCUT2D eigenvalue weighted by molar-refractivity contribution is 0.140. The van der Waals surface area contributed by atoms with Gasteiger partial charge in [0.15, 0.2) is 5.96 Å². The Bertz CT molecular complexity index is 823. The molecule has 2 aromatic carbocycles. The van der Waals surface area contributed by atoms with Crippen LogP contribution in [0.2, 0.25) is 0 Å². The SMILES string of the molecule is CN=C(NCc1cccc(COC)c1)NCc1ccc(C)cc1OC1CCOC1.I. The van der Waals surface area contributed by atoms with Gasteiger partial charge in [-0.1, -0.05) is 36.4 Å². The highest BCUT2D eigenvalue weighted by molar-refractivity contribution is 14.0. The van der Waals surface area contributed by atoms with Gasteiger partial charge in [0, 0.05) is 39.2 Å². The quantitative estimate of drug-likeness (QED) is 0.312. The second-order valence-corrected chi connectivity index (χ2v) is 7.25. The highest BCUT2D eigenvalue weighted by atomic mass is 127. The maximum atomic E-state index is 6.18. The van der Waals surface area contributed by atoms with Gasteiger partial charge in [0.2, 0.25) is 0 Å². The smallest absolute Gasteiger partial charge is 0.191 e. The molecule has 0 bridgehead atoms. The van der Waals surface area contributed by atoms with Crippen LogP contribution in [0.3, 0.4) is 0 Å². The zero-order valence-corrected chi connectivity index (χ0v) is 20.3. The molecule has 0 aliphatic carbocycles. The predicted octanol–water partition coefficient (Wildman–Crippen LogP) is 3.79. The van der Waals surface area contributed by atoms with Gasteiger partial charge in [-0.15, -0.1) is 24.0 Å². The molecule has 1 saturated heterocycles. The summed E-state index contributed by atoms with van der Waals surface area (Å²) in [5.74, 6) is 1.66. The van der Waals surface area contributed by atoms with E-state index in [1.807, 2.05) is 6.07 Å². The number of methoxy groups -OCH3 is 1. The predicted molar refractivity (Wildman–Crippen MR) is 131 cm³/mol. The Balaban J connectivity index is 0.00000320. The number of nitrogens with zero attached hydrogens (tertiary/aromatic N) is 1. The third-order valence-corrected chi connectivity index (χ3v) is 4.84. The van der Waals surface area contributed by atoms with Crippen LogP contribution in [-0.4, -0.2) is 39.4 Å². The number of aliphatic imine (C=N–C) groups is 1. The van der Waals surface area contributed by atoms with Gasteiger partial charge in [0.05, 0.1) is 19.8 Å². The molecule has 3 rings (SSSR count). The average Bonchev–Trinajstić information content (AvgIpc) is 3.23. The Hall–Kier alpha value is -1.84. The minimum Gasteiger partial charge on any atom is -0.488 e. The van der Waals surface area contributed by atoms with Crippen molar-refractivity contribution in [1.29, 1.82) is 0 Å². The maximum absolute atomic E-state index is 6.18. The van der Waals surface area contributed by atoms with Crippen LogP contribution in [0.4, 0.5) is 0 Å². The van der Waals surface area contributed by atoms with Gasteiger partial charge >= 0.3 is 0 Å².